The number of nitrogens with zero attached hydrogens (tertiary/aromatic N) is 2. The third kappa shape index (κ3) is 3.02. The second-order valence-corrected chi connectivity index (χ2v) is 7.53. The monoisotopic (exact) mass is 414 g/mol. The molecule has 6 nitrogen and oxygen atoms in total. The summed E-state index contributed by atoms with van der Waals surface area (Å²) < 4.78 is 12.2. The number of allylic oxidation sites excluding steroid dienone is 1. The lowest BCUT2D eigenvalue weighted by atomic mass is 9.96. The Morgan fingerprint density at radius 1 is 1.32 bits per heavy atom. The third-order valence-corrected chi connectivity index (χ3v) is 5.77. The fraction of sp³-hybridized carbons (Fsp3) is 0.150. The molecule has 0 unspecified atom stereocenters. The van der Waals surface area contributed by atoms with E-state index in [-0.39, 0.29) is 11.1 Å². The normalized spacial score (nSPS) is 16.7. The summed E-state index contributed by atoms with van der Waals surface area (Å²) in [5, 5.41) is 0.448. The second kappa shape index (κ2) is 7.26. The molecule has 28 heavy (non-hydrogen) atoms. The predicted octanol–water partition coefficient (Wildman–Crippen LogP) is 2.65. The van der Waals surface area contributed by atoms with Gasteiger partial charge < -0.3 is 9.15 Å². The Labute approximate surface area is 168 Å². The largest absolute Gasteiger partial charge is 0.466 e. The van der Waals surface area contributed by atoms with Gasteiger partial charge in [0.05, 0.1) is 29.2 Å². The maximum Gasteiger partial charge on any atom is 0.338 e. The summed E-state index contributed by atoms with van der Waals surface area (Å²) in [4.78, 5) is 30.7. The summed E-state index contributed by atoms with van der Waals surface area (Å²) in [5.41, 5.74) is 1.12. The van der Waals surface area contributed by atoms with Gasteiger partial charge in [0, 0.05) is 11.1 Å². The van der Waals surface area contributed by atoms with E-state index in [0.29, 0.717) is 31.4 Å². The van der Waals surface area contributed by atoms with Gasteiger partial charge in [0.2, 0.25) is 0 Å². The highest BCUT2D eigenvalue weighted by atomic mass is 35.5. The molecule has 0 spiro atoms. The number of esters is 1. The Kier molecular flexibility index (Phi) is 4.78. The molecular formula is C20H15ClN2O4S. The van der Waals surface area contributed by atoms with E-state index in [9.17, 15) is 9.59 Å². The van der Waals surface area contributed by atoms with Crippen molar-refractivity contribution >= 4 is 35.0 Å². The Morgan fingerprint density at radius 3 is 2.79 bits per heavy atom. The highest BCUT2D eigenvalue weighted by Crippen LogP contribution is 2.34. The molecule has 3 heterocycles. The van der Waals surface area contributed by atoms with E-state index in [1.807, 2.05) is 6.07 Å². The van der Waals surface area contributed by atoms with Crippen LogP contribution in [0.2, 0.25) is 5.02 Å². The molecule has 0 aliphatic carbocycles. The molecule has 142 valence electrons. The van der Waals surface area contributed by atoms with Crippen LogP contribution in [-0.4, -0.2) is 17.6 Å². The average Bonchev–Trinajstić information content (AvgIpc) is 3.29. The van der Waals surface area contributed by atoms with Gasteiger partial charge >= 0.3 is 5.97 Å². The van der Waals surface area contributed by atoms with Crippen LogP contribution in [-0.2, 0) is 9.53 Å². The number of carbonyl (C=O) groups is 1. The molecule has 8 heteroatoms. The van der Waals surface area contributed by atoms with E-state index in [2.05, 4.69) is 4.99 Å². The molecule has 2 aromatic heterocycles. The minimum absolute atomic E-state index is 0.279. The standard InChI is InChI=1S/C20H15ClN2O4S/c1-11-16(19(25)26-2)17(13-7-3-4-8-14(13)21)23-18(24)15(28-20(23)22-11)10-12-6-5-9-27-12/h3-10,17H,1-2H3/t17-/m1/s1. The number of methoxy groups -OCH3 is 1. The summed E-state index contributed by atoms with van der Waals surface area (Å²) in [6.07, 6.45) is 3.19. The van der Waals surface area contributed by atoms with Crippen molar-refractivity contribution in [2.24, 2.45) is 4.99 Å². The number of rotatable bonds is 3. The number of carbonyl (C=O) groups excluding carboxylic acids is 1. The number of thiazole rings is 1. The van der Waals surface area contributed by atoms with Gasteiger partial charge in [-0.05, 0) is 30.7 Å². The molecule has 1 aliphatic rings. The molecular weight excluding hydrogens is 400 g/mol. The lowest BCUT2D eigenvalue weighted by Crippen LogP contribution is -2.39. The van der Waals surface area contributed by atoms with Crippen LogP contribution in [0.4, 0.5) is 0 Å². The number of ether oxygens (including phenoxy) is 1. The Bertz CT molecular complexity index is 1270. The van der Waals surface area contributed by atoms with Crippen molar-refractivity contribution in [2.75, 3.05) is 7.11 Å². The Morgan fingerprint density at radius 2 is 2.11 bits per heavy atom. The third-order valence-electron chi connectivity index (χ3n) is 4.44. The molecule has 0 amide bonds. The number of aromatic nitrogens is 1. The summed E-state index contributed by atoms with van der Waals surface area (Å²) in [5.74, 6) is 0.00921. The fourth-order valence-corrected chi connectivity index (χ4v) is 4.45. The molecule has 1 aromatic carbocycles. The van der Waals surface area contributed by atoms with Gasteiger partial charge in [0.15, 0.2) is 4.80 Å². The maximum absolute atomic E-state index is 13.2. The molecule has 0 radical (unpaired) electrons. The van der Waals surface area contributed by atoms with Crippen LogP contribution < -0.4 is 14.9 Å². The first-order chi connectivity index (χ1) is 13.5. The summed E-state index contributed by atoms with van der Waals surface area (Å²) in [6, 6.07) is 9.89. The van der Waals surface area contributed by atoms with Crippen molar-refractivity contribution in [1.82, 2.24) is 4.57 Å². The van der Waals surface area contributed by atoms with Crippen LogP contribution >= 0.6 is 22.9 Å². The Balaban J connectivity index is 2.03. The lowest BCUT2D eigenvalue weighted by molar-refractivity contribution is -0.136. The van der Waals surface area contributed by atoms with E-state index in [1.54, 1.807) is 43.3 Å². The number of hydrogen-bond donors (Lipinski definition) is 0. The molecule has 4 rings (SSSR count). The van der Waals surface area contributed by atoms with Crippen LogP contribution in [0.15, 0.2) is 68.1 Å². The quantitative estimate of drug-likeness (QED) is 0.617. The minimum atomic E-state index is -0.726. The van der Waals surface area contributed by atoms with E-state index in [0.717, 1.165) is 0 Å². The zero-order valence-corrected chi connectivity index (χ0v) is 16.6. The van der Waals surface area contributed by atoms with Gasteiger partial charge in [-0.1, -0.05) is 41.1 Å². The van der Waals surface area contributed by atoms with Gasteiger partial charge in [-0.15, -0.1) is 0 Å². The second-order valence-electron chi connectivity index (χ2n) is 6.11. The minimum Gasteiger partial charge on any atom is -0.466 e. The lowest BCUT2D eigenvalue weighted by Gasteiger charge is -2.25. The number of fused-ring (bicyclic) bond motifs is 1. The highest BCUT2D eigenvalue weighted by molar-refractivity contribution is 7.07. The molecule has 1 atom stereocenters. The predicted molar refractivity (Wildman–Crippen MR) is 106 cm³/mol. The van der Waals surface area contributed by atoms with Crippen molar-refractivity contribution in [3.8, 4) is 0 Å². The Hall–Kier alpha value is -2.90. The first kappa shape index (κ1) is 18.5. The average molecular weight is 415 g/mol. The fourth-order valence-electron chi connectivity index (χ4n) is 3.19. The van der Waals surface area contributed by atoms with Crippen molar-refractivity contribution in [3.63, 3.8) is 0 Å². The molecule has 0 bridgehead atoms. The first-order valence-electron chi connectivity index (χ1n) is 8.40. The van der Waals surface area contributed by atoms with Crippen molar-refractivity contribution in [2.45, 2.75) is 13.0 Å². The molecule has 0 fully saturated rings. The zero-order valence-electron chi connectivity index (χ0n) is 15.0. The number of benzene rings is 1. The SMILES string of the molecule is COC(=O)C1=C(C)N=c2sc(=Cc3ccco3)c(=O)n2[C@@H]1c1ccccc1Cl. The summed E-state index contributed by atoms with van der Waals surface area (Å²) in [7, 11) is 1.30. The van der Waals surface area contributed by atoms with Crippen LogP contribution in [0.3, 0.4) is 0 Å². The summed E-state index contributed by atoms with van der Waals surface area (Å²) >= 11 is 7.65. The smallest absolute Gasteiger partial charge is 0.338 e. The molecule has 0 saturated heterocycles. The number of hydrogen-bond acceptors (Lipinski definition) is 6. The van der Waals surface area contributed by atoms with Gasteiger partial charge in [0.25, 0.3) is 5.56 Å². The first-order valence-corrected chi connectivity index (χ1v) is 9.59. The van der Waals surface area contributed by atoms with Gasteiger partial charge in [-0.2, -0.15) is 0 Å². The van der Waals surface area contributed by atoms with E-state index < -0.39 is 12.0 Å². The zero-order chi connectivity index (χ0) is 19.8. The summed E-state index contributed by atoms with van der Waals surface area (Å²) in [6.45, 7) is 1.72. The molecule has 0 saturated carbocycles. The van der Waals surface area contributed by atoms with Crippen molar-refractivity contribution in [1.29, 1.82) is 0 Å². The van der Waals surface area contributed by atoms with Gasteiger partial charge in [0.1, 0.15) is 11.8 Å². The number of halogens is 1. The molecule has 1 aliphatic heterocycles. The van der Waals surface area contributed by atoms with Gasteiger partial charge in [-0.25, -0.2) is 9.79 Å². The van der Waals surface area contributed by atoms with Crippen molar-refractivity contribution < 1.29 is 13.9 Å². The highest BCUT2D eigenvalue weighted by Gasteiger charge is 2.34. The topological polar surface area (TPSA) is 73.8 Å². The molecule has 0 N–H and O–H groups in total. The maximum atomic E-state index is 13.2. The molecule has 3 aromatic rings. The van der Waals surface area contributed by atoms with E-state index >= 15 is 0 Å². The van der Waals surface area contributed by atoms with Crippen LogP contribution in [0.5, 0.6) is 0 Å². The van der Waals surface area contributed by atoms with E-state index in [4.69, 9.17) is 20.8 Å². The van der Waals surface area contributed by atoms with Gasteiger partial charge in [-0.3, -0.25) is 9.36 Å². The van der Waals surface area contributed by atoms with Crippen LogP contribution in [0.25, 0.3) is 6.08 Å². The van der Waals surface area contributed by atoms with E-state index in [1.165, 1.54) is 29.3 Å². The van der Waals surface area contributed by atoms with Crippen molar-refractivity contribution in [3.05, 3.63) is 90.0 Å². The van der Waals surface area contributed by atoms with Crippen LogP contribution in [0, 0.1) is 0 Å². The van der Waals surface area contributed by atoms with Crippen LogP contribution in [0.1, 0.15) is 24.3 Å². The number of furan rings is 1.